The van der Waals surface area contributed by atoms with Crippen molar-refractivity contribution in [1.29, 1.82) is 0 Å². The molecule has 2 unspecified atom stereocenters. The summed E-state index contributed by atoms with van der Waals surface area (Å²) in [5.41, 5.74) is 1.36. The second kappa shape index (κ2) is 4.74. The Hall–Kier alpha value is -0.570. The molecule has 0 spiro atoms. The van der Waals surface area contributed by atoms with E-state index in [1.54, 1.807) is 0 Å². The topological polar surface area (TPSA) is 24.9 Å². The van der Waals surface area contributed by atoms with Crippen LogP contribution in [0.1, 0.15) is 50.6 Å². The van der Waals surface area contributed by atoms with Gasteiger partial charge >= 0.3 is 0 Å². The molecule has 2 rings (SSSR count). The van der Waals surface area contributed by atoms with Crippen molar-refractivity contribution in [2.75, 3.05) is 11.9 Å². The highest BCUT2D eigenvalue weighted by molar-refractivity contribution is 7.15. The molecule has 0 fully saturated rings. The first kappa shape index (κ1) is 11.9. The molecule has 90 valence electrons. The van der Waals surface area contributed by atoms with E-state index in [1.165, 1.54) is 23.4 Å². The summed E-state index contributed by atoms with van der Waals surface area (Å²) in [7, 11) is 0. The molecule has 0 aliphatic heterocycles. The Bertz CT molecular complexity index is 357. The zero-order chi connectivity index (χ0) is 11.7. The molecule has 0 aromatic carbocycles. The Kier molecular flexibility index (Phi) is 3.53. The van der Waals surface area contributed by atoms with Gasteiger partial charge in [-0.05, 0) is 30.6 Å². The van der Waals surface area contributed by atoms with Gasteiger partial charge in [-0.2, -0.15) is 0 Å². The van der Waals surface area contributed by atoms with Crippen LogP contribution in [0.5, 0.6) is 0 Å². The molecule has 3 heteroatoms. The summed E-state index contributed by atoms with van der Waals surface area (Å²) in [6, 6.07) is 0. The number of thiazole rings is 1. The van der Waals surface area contributed by atoms with Crippen molar-refractivity contribution in [3.8, 4) is 0 Å². The second-order valence-electron chi connectivity index (χ2n) is 5.55. The van der Waals surface area contributed by atoms with Gasteiger partial charge in [-0.1, -0.05) is 27.7 Å². The van der Waals surface area contributed by atoms with Crippen molar-refractivity contribution in [1.82, 2.24) is 4.98 Å². The molecule has 1 N–H and O–H groups in total. The maximum absolute atomic E-state index is 4.75. The third-order valence-corrected chi connectivity index (χ3v) is 4.20. The van der Waals surface area contributed by atoms with Crippen molar-refractivity contribution in [2.24, 2.45) is 11.8 Å². The lowest BCUT2D eigenvalue weighted by Crippen LogP contribution is -2.13. The summed E-state index contributed by atoms with van der Waals surface area (Å²) >= 11 is 1.86. The molecule has 1 aliphatic carbocycles. The molecule has 2 nitrogen and oxygen atoms in total. The van der Waals surface area contributed by atoms with Crippen LogP contribution in [0.25, 0.3) is 0 Å². The van der Waals surface area contributed by atoms with Gasteiger partial charge < -0.3 is 5.32 Å². The minimum absolute atomic E-state index is 0.643. The van der Waals surface area contributed by atoms with Crippen LogP contribution in [0.2, 0.25) is 0 Å². The van der Waals surface area contributed by atoms with Crippen molar-refractivity contribution in [2.45, 2.75) is 46.5 Å². The number of rotatable bonds is 3. The first-order valence-electron chi connectivity index (χ1n) is 6.29. The van der Waals surface area contributed by atoms with Crippen LogP contribution < -0.4 is 5.32 Å². The third-order valence-electron chi connectivity index (χ3n) is 3.15. The summed E-state index contributed by atoms with van der Waals surface area (Å²) < 4.78 is 0. The lowest BCUT2D eigenvalue weighted by atomic mass is 9.85. The van der Waals surface area contributed by atoms with Gasteiger partial charge in [-0.15, -0.1) is 11.3 Å². The van der Waals surface area contributed by atoms with E-state index in [2.05, 4.69) is 33.0 Å². The third kappa shape index (κ3) is 2.57. The van der Waals surface area contributed by atoms with Crippen LogP contribution in [-0.2, 0) is 6.42 Å². The van der Waals surface area contributed by atoms with E-state index >= 15 is 0 Å². The predicted molar refractivity (Wildman–Crippen MR) is 71.3 cm³/mol. The minimum atomic E-state index is 0.643. The Labute approximate surface area is 102 Å². The molecule has 1 aromatic heterocycles. The number of fused-ring (bicyclic) bond motifs is 1. The molecule has 1 heterocycles. The zero-order valence-electron chi connectivity index (χ0n) is 10.7. The van der Waals surface area contributed by atoms with Crippen molar-refractivity contribution in [3.05, 3.63) is 10.6 Å². The predicted octanol–water partition coefficient (Wildman–Crippen LogP) is 3.90. The number of anilines is 1. The van der Waals surface area contributed by atoms with Crippen molar-refractivity contribution >= 4 is 16.5 Å². The van der Waals surface area contributed by atoms with Crippen molar-refractivity contribution in [3.63, 3.8) is 0 Å². The number of nitrogens with one attached hydrogen (secondary N) is 1. The highest BCUT2D eigenvalue weighted by atomic mass is 32.1. The molecule has 2 atom stereocenters. The number of hydrogen-bond donors (Lipinski definition) is 1. The fraction of sp³-hybridized carbons (Fsp3) is 0.769. The summed E-state index contributed by atoms with van der Waals surface area (Å²) in [6.45, 7) is 10.1. The van der Waals surface area contributed by atoms with Crippen LogP contribution >= 0.6 is 11.3 Å². The minimum Gasteiger partial charge on any atom is -0.361 e. The monoisotopic (exact) mass is 238 g/mol. The quantitative estimate of drug-likeness (QED) is 0.864. The normalized spacial score (nSPS) is 24.6. The van der Waals surface area contributed by atoms with Crippen LogP contribution in [0.15, 0.2) is 0 Å². The molecule has 1 aliphatic rings. The highest BCUT2D eigenvalue weighted by Gasteiger charge is 2.25. The van der Waals surface area contributed by atoms with Gasteiger partial charge in [0.25, 0.3) is 0 Å². The van der Waals surface area contributed by atoms with E-state index in [-0.39, 0.29) is 0 Å². The number of aromatic nitrogens is 1. The van der Waals surface area contributed by atoms with Gasteiger partial charge in [-0.3, -0.25) is 0 Å². The van der Waals surface area contributed by atoms with Crippen LogP contribution in [0.3, 0.4) is 0 Å². The van der Waals surface area contributed by atoms with Gasteiger partial charge in [0.1, 0.15) is 0 Å². The Morgan fingerprint density at radius 1 is 1.44 bits per heavy atom. The highest BCUT2D eigenvalue weighted by Crippen LogP contribution is 2.38. The Balaban J connectivity index is 2.10. The Morgan fingerprint density at radius 2 is 2.19 bits per heavy atom. The van der Waals surface area contributed by atoms with E-state index in [0.29, 0.717) is 11.8 Å². The molecule has 0 saturated carbocycles. The lowest BCUT2D eigenvalue weighted by molar-refractivity contribution is 0.448. The molecule has 0 saturated heterocycles. The van der Waals surface area contributed by atoms with E-state index in [1.807, 2.05) is 11.3 Å². The smallest absolute Gasteiger partial charge is 0.183 e. The summed E-state index contributed by atoms with van der Waals surface area (Å²) in [5.74, 6) is 2.14. The van der Waals surface area contributed by atoms with Crippen LogP contribution in [0, 0.1) is 11.8 Å². The van der Waals surface area contributed by atoms with Crippen LogP contribution in [0.4, 0.5) is 5.13 Å². The van der Waals surface area contributed by atoms with Crippen molar-refractivity contribution < 1.29 is 0 Å². The second-order valence-corrected chi connectivity index (χ2v) is 6.63. The largest absolute Gasteiger partial charge is 0.361 e. The number of nitrogens with zero attached hydrogens (tertiary/aromatic N) is 1. The van der Waals surface area contributed by atoms with Gasteiger partial charge in [0.05, 0.1) is 5.69 Å². The zero-order valence-corrected chi connectivity index (χ0v) is 11.5. The van der Waals surface area contributed by atoms with E-state index < -0.39 is 0 Å². The fourth-order valence-electron chi connectivity index (χ4n) is 2.38. The summed E-state index contributed by atoms with van der Waals surface area (Å²) in [5, 5.41) is 4.57. The molecular formula is C13H22N2S. The van der Waals surface area contributed by atoms with E-state index in [0.717, 1.165) is 17.6 Å². The lowest BCUT2D eigenvalue weighted by Gasteiger charge is -2.22. The molecule has 0 bridgehead atoms. The van der Waals surface area contributed by atoms with Gasteiger partial charge in [0.15, 0.2) is 5.13 Å². The molecule has 16 heavy (non-hydrogen) atoms. The number of hydrogen-bond acceptors (Lipinski definition) is 3. The fourth-order valence-corrected chi connectivity index (χ4v) is 3.63. The maximum Gasteiger partial charge on any atom is 0.183 e. The average Bonchev–Trinajstić information content (AvgIpc) is 2.57. The van der Waals surface area contributed by atoms with Gasteiger partial charge in [-0.25, -0.2) is 4.98 Å². The SMILES string of the molecule is CC(C)CNc1nc2c(s1)CC(C)CC2C. The molecule has 1 aromatic rings. The maximum atomic E-state index is 4.75. The molecule has 0 amide bonds. The van der Waals surface area contributed by atoms with Gasteiger partial charge in [0, 0.05) is 11.4 Å². The van der Waals surface area contributed by atoms with Crippen LogP contribution in [-0.4, -0.2) is 11.5 Å². The van der Waals surface area contributed by atoms with E-state index in [9.17, 15) is 0 Å². The summed E-state index contributed by atoms with van der Waals surface area (Å²) in [6.07, 6.45) is 2.51. The Morgan fingerprint density at radius 3 is 2.88 bits per heavy atom. The average molecular weight is 238 g/mol. The standard InChI is InChI=1S/C13H22N2S/c1-8(2)7-14-13-15-12-10(4)5-9(3)6-11(12)16-13/h8-10H,5-7H2,1-4H3,(H,14,15). The first-order valence-corrected chi connectivity index (χ1v) is 7.11. The molecular weight excluding hydrogens is 216 g/mol. The molecule has 0 radical (unpaired) electrons. The summed E-state index contributed by atoms with van der Waals surface area (Å²) in [4.78, 5) is 6.26. The first-order chi connectivity index (χ1) is 7.56. The van der Waals surface area contributed by atoms with E-state index in [4.69, 9.17) is 4.98 Å². The van der Waals surface area contributed by atoms with Gasteiger partial charge in [0.2, 0.25) is 0 Å².